The number of hydrogen-bond acceptors (Lipinski definition) is 4. The number of hydrogen-bond donors (Lipinski definition) is 2. The monoisotopic (exact) mass is 455 g/mol. The molecule has 0 fully saturated rings. The van der Waals surface area contributed by atoms with Crippen molar-refractivity contribution in [3.63, 3.8) is 0 Å². The summed E-state index contributed by atoms with van der Waals surface area (Å²) < 4.78 is 20.4. The van der Waals surface area contributed by atoms with Crippen LogP contribution in [-0.4, -0.2) is 41.3 Å². The van der Waals surface area contributed by atoms with Crippen LogP contribution in [0.15, 0.2) is 33.5 Å². The van der Waals surface area contributed by atoms with Gasteiger partial charge in [0.25, 0.3) is 0 Å². The molecule has 1 aromatic heterocycles. The Morgan fingerprint density at radius 3 is 2.53 bits per heavy atom. The number of nitrogens with one attached hydrogen (secondary N) is 2. The predicted molar refractivity (Wildman–Crippen MR) is 128 cm³/mol. The van der Waals surface area contributed by atoms with Crippen molar-refractivity contribution in [2.75, 3.05) is 26.5 Å². The highest BCUT2D eigenvalue weighted by Crippen LogP contribution is 2.44. The number of amides is 2. The topological polar surface area (TPSA) is 86.7 Å². The maximum Gasteiger partial charge on any atom is 0.354 e. The van der Waals surface area contributed by atoms with Crippen molar-refractivity contribution >= 4 is 21.6 Å². The van der Waals surface area contributed by atoms with Crippen LogP contribution >= 0.6 is 0 Å². The number of aryl methyl sites for hydroxylation is 1. The van der Waals surface area contributed by atoms with Crippen molar-refractivity contribution in [2.45, 2.75) is 62.8 Å². The lowest BCUT2D eigenvalue weighted by atomic mass is 9.90. The molecule has 0 aliphatic heterocycles. The minimum atomic E-state index is -3.09. The molecule has 4 rings (SSSR count). The SMILES string of the molecule is CNS(=O)(=NC(=O)Nc1c2c(nc3c1CCC3(C)C)CCC2)c1ccc(CN(C)C)cc1. The number of pyridine rings is 1. The van der Waals surface area contributed by atoms with E-state index >= 15 is 0 Å². The molecule has 32 heavy (non-hydrogen) atoms. The highest BCUT2D eigenvalue weighted by atomic mass is 32.2. The summed E-state index contributed by atoms with van der Waals surface area (Å²) in [7, 11) is 2.48. The molecule has 1 atom stereocenters. The molecule has 7 nitrogen and oxygen atoms in total. The van der Waals surface area contributed by atoms with Gasteiger partial charge in [-0.15, -0.1) is 4.36 Å². The van der Waals surface area contributed by atoms with Crippen molar-refractivity contribution in [3.05, 3.63) is 52.3 Å². The Balaban J connectivity index is 1.66. The third kappa shape index (κ3) is 4.31. The van der Waals surface area contributed by atoms with E-state index in [-0.39, 0.29) is 5.41 Å². The number of aromatic nitrogens is 1. The van der Waals surface area contributed by atoms with Gasteiger partial charge in [0, 0.05) is 17.7 Å². The first-order valence-electron chi connectivity index (χ1n) is 11.2. The Labute approximate surface area is 191 Å². The van der Waals surface area contributed by atoms with E-state index in [1.165, 1.54) is 0 Å². The number of fused-ring (bicyclic) bond motifs is 2. The van der Waals surface area contributed by atoms with E-state index < -0.39 is 15.9 Å². The van der Waals surface area contributed by atoms with Gasteiger partial charge < -0.3 is 10.2 Å². The van der Waals surface area contributed by atoms with Gasteiger partial charge in [0.1, 0.15) is 9.92 Å². The van der Waals surface area contributed by atoms with Crippen molar-refractivity contribution < 1.29 is 9.00 Å². The maximum atomic E-state index is 13.5. The predicted octanol–water partition coefficient (Wildman–Crippen LogP) is 4.05. The van der Waals surface area contributed by atoms with Crippen LogP contribution in [0.4, 0.5) is 10.5 Å². The summed E-state index contributed by atoms with van der Waals surface area (Å²) in [5, 5.41) is 3.01. The molecule has 0 bridgehead atoms. The quantitative estimate of drug-likeness (QED) is 0.712. The highest BCUT2D eigenvalue weighted by Gasteiger charge is 2.36. The van der Waals surface area contributed by atoms with Crippen molar-refractivity contribution in [2.24, 2.45) is 4.36 Å². The van der Waals surface area contributed by atoms with E-state index in [9.17, 15) is 9.00 Å². The van der Waals surface area contributed by atoms with Crippen LogP contribution in [-0.2, 0) is 41.1 Å². The number of urea groups is 1. The van der Waals surface area contributed by atoms with Crippen LogP contribution in [0.5, 0.6) is 0 Å². The molecule has 0 spiro atoms. The second-order valence-electron chi connectivity index (χ2n) is 9.61. The van der Waals surface area contributed by atoms with E-state index in [2.05, 4.69) is 33.1 Å². The van der Waals surface area contributed by atoms with E-state index in [0.717, 1.165) is 72.4 Å². The maximum absolute atomic E-state index is 13.5. The van der Waals surface area contributed by atoms with Gasteiger partial charge in [-0.05, 0) is 82.1 Å². The van der Waals surface area contributed by atoms with Crippen LogP contribution in [0.3, 0.4) is 0 Å². The van der Waals surface area contributed by atoms with Crippen molar-refractivity contribution in [1.29, 1.82) is 0 Å². The molecule has 172 valence electrons. The molecule has 2 N–H and O–H groups in total. The second-order valence-corrected chi connectivity index (χ2v) is 11.7. The average molecular weight is 456 g/mol. The third-order valence-corrected chi connectivity index (χ3v) is 8.32. The smallest absolute Gasteiger partial charge is 0.305 e. The molecule has 2 aliphatic carbocycles. The fourth-order valence-electron chi connectivity index (χ4n) is 4.74. The molecular weight excluding hydrogens is 422 g/mol. The van der Waals surface area contributed by atoms with Crippen molar-refractivity contribution in [1.82, 2.24) is 14.6 Å². The van der Waals surface area contributed by atoms with Gasteiger partial charge in [-0.25, -0.2) is 13.7 Å². The number of rotatable bonds is 5. The lowest BCUT2D eigenvalue weighted by molar-refractivity contribution is 0.260. The zero-order valence-corrected chi connectivity index (χ0v) is 20.4. The first-order chi connectivity index (χ1) is 15.1. The molecule has 1 aromatic carbocycles. The van der Waals surface area contributed by atoms with Crippen LogP contribution in [0.1, 0.15) is 54.8 Å². The molecule has 2 aliphatic rings. The molecule has 1 unspecified atom stereocenters. The first kappa shape index (κ1) is 22.9. The first-order valence-corrected chi connectivity index (χ1v) is 12.7. The molecular formula is C24H33N5O2S. The summed E-state index contributed by atoms with van der Waals surface area (Å²) in [5.41, 5.74) is 6.35. The van der Waals surface area contributed by atoms with Gasteiger partial charge in [0.15, 0.2) is 0 Å². The highest BCUT2D eigenvalue weighted by molar-refractivity contribution is 7.92. The van der Waals surface area contributed by atoms with E-state index in [0.29, 0.717) is 4.90 Å². The van der Waals surface area contributed by atoms with Crippen LogP contribution in [0.25, 0.3) is 0 Å². The van der Waals surface area contributed by atoms with Crippen LogP contribution in [0.2, 0.25) is 0 Å². The Hall–Kier alpha value is -2.29. The molecule has 0 radical (unpaired) electrons. The molecule has 1 heterocycles. The minimum Gasteiger partial charge on any atom is -0.305 e. The lowest BCUT2D eigenvalue weighted by Crippen LogP contribution is -2.23. The van der Waals surface area contributed by atoms with Gasteiger partial charge in [0.2, 0.25) is 0 Å². The summed E-state index contributed by atoms with van der Waals surface area (Å²) >= 11 is 0. The normalized spacial score (nSPS) is 18.2. The number of carbonyl (C=O) groups excluding carboxylic acids is 1. The average Bonchev–Trinajstić information content (AvgIpc) is 3.32. The molecule has 0 saturated carbocycles. The van der Waals surface area contributed by atoms with Gasteiger partial charge in [-0.2, -0.15) is 0 Å². The summed E-state index contributed by atoms with van der Waals surface area (Å²) in [6.45, 7) is 5.20. The molecule has 0 saturated heterocycles. The number of benzene rings is 1. The summed E-state index contributed by atoms with van der Waals surface area (Å²) in [4.78, 5) is 20.5. The van der Waals surface area contributed by atoms with Gasteiger partial charge in [-0.1, -0.05) is 26.0 Å². The van der Waals surface area contributed by atoms with E-state index in [1.54, 1.807) is 19.2 Å². The largest absolute Gasteiger partial charge is 0.354 e. The zero-order chi connectivity index (χ0) is 23.1. The van der Waals surface area contributed by atoms with Gasteiger partial charge >= 0.3 is 6.03 Å². The summed E-state index contributed by atoms with van der Waals surface area (Å²) in [6.07, 6.45) is 4.77. The van der Waals surface area contributed by atoms with E-state index in [4.69, 9.17) is 4.98 Å². The Morgan fingerprint density at radius 1 is 1.16 bits per heavy atom. The van der Waals surface area contributed by atoms with Crippen molar-refractivity contribution in [3.8, 4) is 0 Å². The fraction of sp³-hybridized carbons (Fsp3) is 0.500. The molecule has 2 amide bonds. The fourth-order valence-corrected chi connectivity index (χ4v) is 5.96. The number of anilines is 1. The standard InChI is InChI=1S/C24H33N5O2S/c1-24(2)14-13-19-21(18-7-6-8-20(18)26-22(19)24)27-23(30)28-32(31,25-3)17-11-9-16(10-12-17)15-29(4)5/h9-12H,6-8,13-15H2,1-5H3,(H2,25,26,27,28,30,31). The summed E-state index contributed by atoms with van der Waals surface area (Å²) in [5.74, 6) is 0. The Kier molecular flexibility index (Phi) is 6.13. The summed E-state index contributed by atoms with van der Waals surface area (Å²) in [6, 6.07) is 6.81. The Bertz CT molecular complexity index is 1160. The van der Waals surface area contributed by atoms with Gasteiger partial charge in [0.05, 0.1) is 16.3 Å². The minimum absolute atomic E-state index is 0.00358. The lowest BCUT2D eigenvalue weighted by Gasteiger charge is -2.20. The van der Waals surface area contributed by atoms with Crippen LogP contribution in [0, 0.1) is 0 Å². The third-order valence-electron chi connectivity index (χ3n) is 6.43. The van der Waals surface area contributed by atoms with Gasteiger partial charge in [-0.3, -0.25) is 4.98 Å². The van der Waals surface area contributed by atoms with E-state index in [1.807, 2.05) is 26.2 Å². The molecule has 2 aromatic rings. The zero-order valence-electron chi connectivity index (χ0n) is 19.6. The second kappa shape index (κ2) is 8.57. The molecule has 8 heteroatoms. The Morgan fingerprint density at radius 2 is 1.88 bits per heavy atom. The van der Waals surface area contributed by atoms with Crippen LogP contribution < -0.4 is 10.0 Å². The number of nitrogens with zero attached hydrogens (tertiary/aromatic N) is 3. The number of carbonyl (C=O) groups is 1.